The Bertz CT molecular complexity index is 461. The maximum atomic E-state index is 12.4. The lowest BCUT2D eigenvalue weighted by Gasteiger charge is -2.34. The molecule has 0 aromatic rings. The highest BCUT2D eigenvalue weighted by molar-refractivity contribution is 5.87. The zero-order valence-corrected chi connectivity index (χ0v) is 15.0. The highest BCUT2D eigenvalue weighted by atomic mass is 16.6. The number of amides is 3. The summed E-state index contributed by atoms with van der Waals surface area (Å²) in [6.07, 6.45) is 1.25. The lowest BCUT2D eigenvalue weighted by atomic mass is 9.97. The molecule has 1 aliphatic rings. The van der Waals surface area contributed by atoms with Crippen LogP contribution in [-0.4, -0.2) is 61.3 Å². The first-order valence-electron chi connectivity index (χ1n) is 8.20. The molecule has 1 rings (SSSR count). The first-order valence-corrected chi connectivity index (χ1v) is 8.20. The molecule has 1 aliphatic heterocycles. The maximum absolute atomic E-state index is 12.4. The van der Waals surface area contributed by atoms with Gasteiger partial charge < -0.3 is 25.4 Å². The molecule has 1 saturated heterocycles. The van der Waals surface area contributed by atoms with Crippen LogP contribution < -0.4 is 11.1 Å². The number of piperidine rings is 1. The number of hydrogen-bond acceptors (Lipinski definition) is 5. The smallest absolute Gasteiger partial charge is 0.410 e. The van der Waals surface area contributed by atoms with Gasteiger partial charge in [0.15, 0.2) is 0 Å². The molecule has 0 aromatic carbocycles. The lowest BCUT2D eigenvalue weighted by Crippen LogP contribution is -2.51. The van der Waals surface area contributed by atoms with E-state index in [-0.39, 0.29) is 18.4 Å². The van der Waals surface area contributed by atoms with Crippen LogP contribution in [0.3, 0.4) is 0 Å². The molecule has 2 unspecified atom stereocenters. The minimum atomic E-state index is -0.769. The van der Waals surface area contributed by atoms with Gasteiger partial charge in [0.05, 0.1) is 5.92 Å². The fraction of sp³-hybridized carbons (Fsp3) is 0.812. The van der Waals surface area contributed by atoms with Gasteiger partial charge in [-0.1, -0.05) is 0 Å². The van der Waals surface area contributed by atoms with Gasteiger partial charge >= 0.3 is 6.09 Å². The standard InChI is InChI=1S/C16H29N3O5/c1-16(2,3)24-15(22)19-8-5-6-11(10-19)14(21)18-12(13(17)20)7-9-23-4/h11-12H,5-10H2,1-4H3,(H2,17,20)(H,18,21). The Kier molecular flexibility index (Phi) is 7.47. The summed E-state index contributed by atoms with van der Waals surface area (Å²) in [5.74, 6) is -1.25. The van der Waals surface area contributed by atoms with E-state index in [9.17, 15) is 14.4 Å². The van der Waals surface area contributed by atoms with Crippen molar-refractivity contribution in [2.24, 2.45) is 11.7 Å². The van der Waals surface area contributed by atoms with Crippen molar-refractivity contribution in [1.82, 2.24) is 10.2 Å². The number of ether oxygens (including phenoxy) is 2. The summed E-state index contributed by atoms with van der Waals surface area (Å²) in [5.41, 5.74) is 4.73. The summed E-state index contributed by atoms with van der Waals surface area (Å²) in [6.45, 7) is 6.55. The number of carbonyl (C=O) groups is 3. The molecule has 1 heterocycles. The van der Waals surface area contributed by atoms with E-state index in [4.69, 9.17) is 15.2 Å². The summed E-state index contributed by atoms with van der Waals surface area (Å²) in [4.78, 5) is 37.5. The molecule has 1 fully saturated rings. The highest BCUT2D eigenvalue weighted by Gasteiger charge is 2.32. The van der Waals surface area contributed by atoms with Gasteiger partial charge in [0, 0.05) is 26.8 Å². The van der Waals surface area contributed by atoms with Crippen molar-refractivity contribution in [1.29, 1.82) is 0 Å². The van der Waals surface area contributed by atoms with Crippen LogP contribution in [0.15, 0.2) is 0 Å². The summed E-state index contributed by atoms with van der Waals surface area (Å²) in [7, 11) is 1.51. The summed E-state index contributed by atoms with van der Waals surface area (Å²) in [5, 5.41) is 2.66. The van der Waals surface area contributed by atoms with Crippen molar-refractivity contribution in [2.75, 3.05) is 26.8 Å². The molecule has 8 nitrogen and oxygen atoms in total. The second-order valence-electron chi connectivity index (χ2n) is 7.01. The Morgan fingerprint density at radius 2 is 2.00 bits per heavy atom. The van der Waals surface area contributed by atoms with Gasteiger partial charge in [-0.25, -0.2) is 4.79 Å². The molecule has 8 heteroatoms. The largest absolute Gasteiger partial charge is 0.444 e. The molecule has 0 bridgehead atoms. The van der Waals surface area contributed by atoms with Crippen molar-refractivity contribution in [3.63, 3.8) is 0 Å². The van der Waals surface area contributed by atoms with Gasteiger partial charge in [0.2, 0.25) is 11.8 Å². The number of rotatable bonds is 6. The van der Waals surface area contributed by atoms with Crippen molar-refractivity contribution >= 4 is 17.9 Å². The summed E-state index contributed by atoms with van der Waals surface area (Å²) < 4.78 is 10.3. The average Bonchev–Trinajstić information content (AvgIpc) is 2.49. The number of methoxy groups -OCH3 is 1. The number of nitrogens with one attached hydrogen (secondary N) is 1. The molecule has 0 spiro atoms. The SMILES string of the molecule is COCCC(NC(=O)C1CCCN(C(=O)OC(C)(C)C)C1)C(N)=O. The molecule has 0 saturated carbocycles. The molecular weight excluding hydrogens is 314 g/mol. The van der Waals surface area contributed by atoms with Crippen molar-refractivity contribution in [3.8, 4) is 0 Å². The van der Waals surface area contributed by atoms with Crippen molar-refractivity contribution in [2.45, 2.75) is 51.7 Å². The Morgan fingerprint density at radius 1 is 1.33 bits per heavy atom. The number of nitrogens with zero attached hydrogens (tertiary/aromatic N) is 1. The first-order chi connectivity index (χ1) is 11.1. The van der Waals surface area contributed by atoms with E-state index in [1.54, 1.807) is 20.8 Å². The Labute approximate surface area is 143 Å². The fourth-order valence-corrected chi connectivity index (χ4v) is 2.49. The predicted octanol–water partition coefficient (Wildman–Crippen LogP) is 0.640. The van der Waals surface area contributed by atoms with Gasteiger partial charge in [-0.2, -0.15) is 0 Å². The topological polar surface area (TPSA) is 111 Å². The molecule has 24 heavy (non-hydrogen) atoms. The molecule has 0 aromatic heterocycles. The number of nitrogens with two attached hydrogens (primary N) is 1. The van der Waals surface area contributed by atoms with Crippen LogP contribution in [0.25, 0.3) is 0 Å². The maximum Gasteiger partial charge on any atom is 0.410 e. The molecule has 2 atom stereocenters. The number of carbonyl (C=O) groups excluding carboxylic acids is 3. The van der Waals surface area contributed by atoms with Crippen molar-refractivity contribution < 1.29 is 23.9 Å². The molecule has 3 amide bonds. The van der Waals surface area contributed by atoms with E-state index in [1.807, 2.05) is 0 Å². The zero-order chi connectivity index (χ0) is 18.3. The van der Waals surface area contributed by atoms with Gasteiger partial charge in [0.25, 0.3) is 0 Å². The van der Waals surface area contributed by atoms with E-state index in [2.05, 4.69) is 5.32 Å². The first kappa shape index (κ1) is 20.2. The van der Waals surface area contributed by atoms with Crippen LogP contribution in [0.2, 0.25) is 0 Å². The van der Waals surface area contributed by atoms with E-state index in [1.165, 1.54) is 12.0 Å². The van der Waals surface area contributed by atoms with E-state index in [0.29, 0.717) is 32.4 Å². The van der Waals surface area contributed by atoms with E-state index >= 15 is 0 Å². The van der Waals surface area contributed by atoms with Gasteiger partial charge in [-0.3, -0.25) is 9.59 Å². The van der Waals surface area contributed by atoms with Gasteiger partial charge in [-0.15, -0.1) is 0 Å². The van der Waals surface area contributed by atoms with Crippen LogP contribution in [0.5, 0.6) is 0 Å². The van der Waals surface area contributed by atoms with E-state index in [0.717, 1.165) is 0 Å². The van der Waals surface area contributed by atoms with Crippen molar-refractivity contribution in [3.05, 3.63) is 0 Å². The number of primary amides is 1. The summed E-state index contributed by atoms with van der Waals surface area (Å²) in [6, 6.07) is -0.769. The van der Waals surface area contributed by atoms with Crippen LogP contribution in [-0.2, 0) is 19.1 Å². The number of hydrogen-bond donors (Lipinski definition) is 2. The minimum Gasteiger partial charge on any atom is -0.444 e. The Morgan fingerprint density at radius 3 is 2.54 bits per heavy atom. The fourth-order valence-electron chi connectivity index (χ4n) is 2.49. The van der Waals surface area contributed by atoms with E-state index < -0.39 is 23.6 Å². The molecule has 3 N–H and O–H groups in total. The quantitative estimate of drug-likeness (QED) is 0.735. The normalized spacial score (nSPS) is 19.5. The molecule has 0 aliphatic carbocycles. The summed E-state index contributed by atoms with van der Waals surface area (Å²) >= 11 is 0. The molecular formula is C16H29N3O5. The zero-order valence-electron chi connectivity index (χ0n) is 15.0. The third-order valence-corrected chi connectivity index (χ3v) is 3.71. The van der Waals surface area contributed by atoms with Gasteiger partial charge in [-0.05, 0) is 40.0 Å². The Balaban J connectivity index is 2.60. The predicted molar refractivity (Wildman–Crippen MR) is 88.1 cm³/mol. The highest BCUT2D eigenvalue weighted by Crippen LogP contribution is 2.19. The van der Waals surface area contributed by atoms with Crippen LogP contribution in [0.4, 0.5) is 4.79 Å². The lowest BCUT2D eigenvalue weighted by molar-refractivity contribution is -0.131. The average molecular weight is 343 g/mol. The molecule has 0 radical (unpaired) electrons. The van der Waals surface area contributed by atoms with Gasteiger partial charge in [0.1, 0.15) is 11.6 Å². The second kappa shape index (κ2) is 8.86. The third-order valence-electron chi connectivity index (χ3n) is 3.71. The van der Waals surface area contributed by atoms with Crippen LogP contribution in [0, 0.1) is 5.92 Å². The Hall–Kier alpha value is -1.83. The third kappa shape index (κ3) is 6.74. The second-order valence-corrected chi connectivity index (χ2v) is 7.01. The van der Waals surface area contributed by atoms with Crippen LogP contribution >= 0.6 is 0 Å². The van der Waals surface area contributed by atoms with Crippen LogP contribution in [0.1, 0.15) is 40.0 Å². The monoisotopic (exact) mass is 343 g/mol. The molecule has 138 valence electrons. The minimum absolute atomic E-state index is 0.274. The number of likely N-dealkylation sites (tertiary alicyclic amines) is 1.